The van der Waals surface area contributed by atoms with Gasteiger partial charge in [-0.25, -0.2) is 18.2 Å². The van der Waals surface area contributed by atoms with Crippen molar-refractivity contribution in [1.29, 1.82) is 0 Å². The molecule has 0 unspecified atom stereocenters. The van der Waals surface area contributed by atoms with Gasteiger partial charge in [0.2, 0.25) is 0 Å². The van der Waals surface area contributed by atoms with Gasteiger partial charge in [-0.1, -0.05) is 6.07 Å². The first-order valence-electron chi connectivity index (χ1n) is 5.38. The van der Waals surface area contributed by atoms with Crippen molar-refractivity contribution in [3.63, 3.8) is 0 Å². The maximum Gasteiger partial charge on any atom is 0.354 e. The summed E-state index contributed by atoms with van der Waals surface area (Å²) in [5, 5.41) is 9.02. The summed E-state index contributed by atoms with van der Waals surface area (Å²) in [5.74, 6) is -0.815. The van der Waals surface area contributed by atoms with Crippen molar-refractivity contribution in [2.24, 2.45) is 0 Å². The zero-order valence-corrected chi connectivity index (χ0v) is 9.98. The number of carboxylic acid groups (broad SMARTS) is 1. The van der Waals surface area contributed by atoms with Gasteiger partial charge in [-0.2, -0.15) is 0 Å². The first-order valence-corrected chi connectivity index (χ1v) is 7.20. The second-order valence-electron chi connectivity index (χ2n) is 4.17. The van der Waals surface area contributed by atoms with E-state index in [9.17, 15) is 13.2 Å². The van der Waals surface area contributed by atoms with E-state index in [1.165, 1.54) is 6.20 Å². The molecule has 0 radical (unpaired) electrons. The van der Waals surface area contributed by atoms with Gasteiger partial charge in [-0.15, -0.1) is 0 Å². The quantitative estimate of drug-likeness (QED) is 0.854. The van der Waals surface area contributed by atoms with Crippen molar-refractivity contribution in [2.45, 2.75) is 18.8 Å². The highest BCUT2D eigenvalue weighted by Crippen LogP contribution is 2.30. The van der Waals surface area contributed by atoms with Gasteiger partial charge in [-0.3, -0.25) is 0 Å². The van der Waals surface area contributed by atoms with Crippen LogP contribution in [-0.2, 0) is 9.84 Å². The number of carbonyl (C=O) groups is 1. The van der Waals surface area contributed by atoms with Crippen LogP contribution in [0.15, 0.2) is 18.3 Å². The molecule has 0 saturated carbocycles. The molecule has 1 aromatic rings. The smallest absolute Gasteiger partial charge is 0.354 e. The minimum absolute atomic E-state index is 0.0154. The second-order valence-corrected chi connectivity index (χ2v) is 6.48. The summed E-state index contributed by atoms with van der Waals surface area (Å²) in [6.45, 7) is 0. The third-order valence-electron chi connectivity index (χ3n) is 3.04. The molecule has 2 rings (SSSR count). The van der Waals surface area contributed by atoms with Crippen molar-refractivity contribution < 1.29 is 18.3 Å². The number of aromatic nitrogens is 1. The van der Waals surface area contributed by atoms with E-state index < -0.39 is 15.8 Å². The van der Waals surface area contributed by atoms with Crippen LogP contribution in [0.5, 0.6) is 0 Å². The van der Waals surface area contributed by atoms with Gasteiger partial charge in [0.25, 0.3) is 0 Å². The molecule has 0 aromatic carbocycles. The third kappa shape index (κ3) is 2.63. The van der Waals surface area contributed by atoms with Gasteiger partial charge in [0.15, 0.2) is 5.69 Å². The summed E-state index contributed by atoms with van der Waals surface area (Å²) < 4.78 is 22.6. The molecule has 0 amide bonds. The molecule has 1 aliphatic rings. The number of rotatable bonds is 2. The lowest BCUT2D eigenvalue weighted by Gasteiger charge is -2.22. The van der Waals surface area contributed by atoms with Crippen molar-refractivity contribution >= 4 is 15.8 Å². The SMILES string of the molecule is O=C(O)c1ncccc1C1CCS(=O)(=O)CC1. The zero-order valence-electron chi connectivity index (χ0n) is 9.17. The van der Waals surface area contributed by atoms with Gasteiger partial charge >= 0.3 is 5.97 Å². The molecule has 0 aliphatic carbocycles. The molecule has 0 atom stereocenters. The Balaban J connectivity index is 2.27. The molecule has 1 aliphatic heterocycles. The summed E-state index contributed by atoms with van der Waals surface area (Å²) in [6, 6.07) is 3.41. The Hall–Kier alpha value is -1.43. The maximum atomic E-state index is 11.3. The standard InChI is InChI=1S/C11H13NO4S/c13-11(14)10-9(2-1-5-12-10)8-3-6-17(15,16)7-4-8/h1-2,5,8H,3-4,6-7H2,(H,13,14). The Labute approximate surface area is 99.4 Å². The summed E-state index contributed by atoms with van der Waals surface area (Å²) in [7, 11) is -2.92. The molecule has 6 heteroatoms. The minimum Gasteiger partial charge on any atom is -0.477 e. The summed E-state index contributed by atoms with van der Waals surface area (Å²) >= 11 is 0. The minimum atomic E-state index is -2.92. The highest BCUT2D eigenvalue weighted by Gasteiger charge is 2.27. The van der Waals surface area contributed by atoms with Crippen LogP contribution >= 0.6 is 0 Å². The van der Waals surface area contributed by atoms with Crippen LogP contribution in [0.3, 0.4) is 0 Å². The Bertz CT molecular complexity index is 524. The molecule has 0 bridgehead atoms. The summed E-state index contributed by atoms with van der Waals surface area (Å²) in [4.78, 5) is 14.9. The third-order valence-corrected chi connectivity index (χ3v) is 4.75. The molecule has 92 valence electrons. The number of pyridine rings is 1. The average Bonchev–Trinajstić information content (AvgIpc) is 2.29. The molecule has 5 nitrogen and oxygen atoms in total. The van der Waals surface area contributed by atoms with Gasteiger partial charge in [0.05, 0.1) is 11.5 Å². The van der Waals surface area contributed by atoms with E-state index in [1.807, 2.05) is 0 Å². The highest BCUT2D eigenvalue weighted by molar-refractivity contribution is 7.91. The molecule has 1 fully saturated rings. The fourth-order valence-electron chi connectivity index (χ4n) is 2.13. The monoisotopic (exact) mass is 255 g/mol. The molecule has 1 aromatic heterocycles. The van der Waals surface area contributed by atoms with E-state index in [2.05, 4.69) is 4.98 Å². The van der Waals surface area contributed by atoms with Crippen molar-refractivity contribution in [1.82, 2.24) is 4.98 Å². The van der Waals surface area contributed by atoms with E-state index in [0.717, 1.165) is 0 Å². The lowest BCUT2D eigenvalue weighted by Crippen LogP contribution is -2.23. The first-order chi connectivity index (χ1) is 7.99. The largest absolute Gasteiger partial charge is 0.477 e. The van der Waals surface area contributed by atoms with Crippen molar-refractivity contribution in [3.05, 3.63) is 29.6 Å². The number of hydrogen-bond acceptors (Lipinski definition) is 4. The van der Waals surface area contributed by atoms with Crippen LogP contribution in [0.4, 0.5) is 0 Å². The number of carboxylic acids is 1. The molecular formula is C11H13NO4S. The van der Waals surface area contributed by atoms with E-state index in [4.69, 9.17) is 5.11 Å². The Morgan fingerprint density at radius 2 is 2.00 bits per heavy atom. The van der Waals surface area contributed by atoms with Crippen LogP contribution in [0.1, 0.15) is 34.8 Å². The fraction of sp³-hybridized carbons (Fsp3) is 0.455. The number of aromatic carboxylic acids is 1. The summed E-state index contributed by atoms with van der Waals surface area (Å²) in [5.41, 5.74) is 0.687. The van der Waals surface area contributed by atoms with Gasteiger partial charge in [0, 0.05) is 6.20 Å². The lowest BCUT2D eigenvalue weighted by molar-refractivity contribution is 0.0688. The average molecular weight is 255 g/mol. The van der Waals surface area contributed by atoms with Gasteiger partial charge < -0.3 is 5.11 Å². The molecule has 2 heterocycles. The molecule has 17 heavy (non-hydrogen) atoms. The number of hydrogen-bond donors (Lipinski definition) is 1. The van der Waals surface area contributed by atoms with Crippen molar-refractivity contribution in [2.75, 3.05) is 11.5 Å². The normalized spacial score (nSPS) is 20.0. The topological polar surface area (TPSA) is 84.3 Å². The predicted octanol–water partition coefficient (Wildman–Crippen LogP) is 1.07. The Morgan fingerprint density at radius 1 is 1.35 bits per heavy atom. The zero-order chi connectivity index (χ0) is 12.5. The molecule has 1 N–H and O–H groups in total. The lowest BCUT2D eigenvalue weighted by atomic mass is 9.92. The number of sulfone groups is 1. The van der Waals surface area contributed by atoms with E-state index >= 15 is 0 Å². The summed E-state index contributed by atoms with van der Waals surface area (Å²) in [6.07, 6.45) is 2.40. The Kier molecular flexibility index (Phi) is 3.15. The highest BCUT2D eigenvalue weighted by atomic mass is 32.2. The van der Waals surface area contributed by atoms with Crippen molar-refractivity contribution in [3.8, 4) is 0 Å². The van der Waals surface area contributed by atoms with E-state index in [-0.39, 0.29) is 23.1 Å². The second kappa shape index (κ2) is 4.44. The fourth-order valence-corrected chi connectivity index (χ4v) is 3.62. The van der Waals surface area contributed by atoms with Crippen LogP contribution < -0.4 is 0 Å². The molecular weight excluding hydrogens is 242 g/mol. The molecule has 0 spiro atoms. The van der Waals surface area contributed by atoms with Crippen LogP contribution in [0.25, 0.3) is 0 Å². The van der Waals surface area contributed by atoms with Crippen LogP contribution in [-0.4, -0.2) is 36.0 Å². The number of nitrogens with zero attached hydrogens (tertiary/aromatic N) is 1. The van der Waals surface area contributed by atoms with Crippen LogP contribution in [0, 0.1) is 0 Å². The first kappa shape index (κ1) is 12.0. The predicted molar refractivity (Wildman–Crippen MR) is 61.8 cm³/mol. The van der Waals surface area contributed by atoms with Gasteiger partial charge in [0.1, 0.15) is 9.84 Å². The van der Waals surface area contributed by atoms with Crippen LogP contribution in [0.2, 0.25) is 0 Å². The maximum absolute atomic E-state index is 11.3. The van der Waals surface area contributed by atoms with Gasteiger partial charge in [-0.05, 0) is 30.4 Å². The molecule has 1 saturated heterocycles. The van der Waals surface area contributed by atoms with E-state index in [0.29, 0.717) is 18.4 Å². The van der Waals surface area contributed by atoms with E-state index in [1.54, 1.807) is 12.1 Å². The Morgan fingerprint density at radius 3 is 2.59 bits per heavy atom.